The zero-order chi connectivity index (χ0) is 14.5. The number of para-hydroxylation sites is 1. The molecule has 4 heteroatoms. The Labute approximate surface area is 120 Å². The number of phenolic OH excluding ortho intramolecular Hbond substituents is 1. The highest BCUT2D eigenvalue weighted by atomic mass is 16.3. The summed E-state index contributed by atoms with van der Waals surface area (Å²) >= 11 is 0. The molecule has 4 nitrogen and oxygen atoms in total. The molecule has 1 aromatic carbocycles. The molecule has 1 amide bonds. The Morgan fingerprint density at radius 1 is 1.45 bits per heavy atom. The third-order valence-corrected chi connectivity index (χ3v) is 3.87. The van der Waals surface area contributed by atoms with E-state index in [1.165, 1.54) is 6.42 Å². The Hall–Kier alpha value is -1.55. The van der Waals surface area contributed by atoms with Crippen LogP contribution in [0.2, 0.25) is 0 Å². The zero-order valence-electron chi connectivity index (χ0n) is 12.3. The Kier molecular flexibility index (Phi) is 5.01. The van der Waals surface area contributed by atoms with Gasteiger partial charge in [0.15, 0.2) is 0 Å². The standard InChI is InChI=1S/C16H24N2O2/c1-12(2)18(11-13-6-5-9-17-10-13)16(20)14-7-3-4-8-15(14)19/h3-4,7-8,12-13,17,19H,5-6,9-11H2,1-2H3. The summed E-state index contributed by atoms with van der Waals surface area (Å²) in [5.41, 5.74) is 0.393. The summed E-state index contributed by atoms with van der Waals surface area (Å²) < 4.78 is 0. The van der Waals surface area contributed by atoms with Gasteiger partial charge in [-0.05, 0) is 57.8 Å². The van der Waals surface area contributed by atoms with E-state index in [0.717, 1.165) is 26.1 Å². The van der Waals surface area contributed by atoms with E-state index in [9.17, 15) is 9.90 Å². The molecule has 1 aromatic rings. The fourth-order valence-electron chi connectivity index (χ4n) is 2.70. The molecule has 0 aromatic heterocycles. The van der Waals surface area contributed by atoms with E-state index in [0.29, 0.717) is 11.5 Å². The van der Waals surface area contributed by atoms with E-state index in [1.54, 1.807) is 24.3 Å². The van der Waals surface area contributed by atoms with Crippen molar-refractivity contribution in [2.45, 2.75) is 32.7 Å². The normalized spacial score (nSPS) is 19.1. The summed E-state index contributed by atoms with van der Waals surface area (Å²) in [5.74, 6) is 0.481. The Bertz CT molecular complexity index is 454. The van der Waals surface area contributed by atoms with Crippen LogP contribution in [0.4, 0.5) is 0 Å². The minimum atomic E-state index is -0.0799. The van der Waals surface area contributed by atoms with Gasteiger partial charge >= 0.3 is 0 Å². The van der Waals surface area contributed by atoms with Crippen molar-refractivity contribution in [2.75, 3.05) is 19.6 Å². The van der Waals surface area contributed by atoms with Crippen molar-refractivity contribution in [2.24, 2.45) is 5.92 Å². The first-order chi connectivity index (χ1) is 9.59. The summed E-state index contributed by atoms with van der Waals surface area (Å²) in [6, 6.07) is 6.90. The van der Waals surface area contributed by atoms with Crippen molar-refractivity contribution in [3.63, 3.8) is 0 Å². The average Bonchev–Trinajstić information content (AvgIpc) is 2.45. The quantitative estimate of drug-likeness (QED) is 0.887. The van der Waals surface area contributed by atoms with E-state index < -0.39 is 0 Å². The van der Waals surface area contributed by atoms with Crippen molar-refractivity contribution in [1.29, 1.82) is 0 Å². The number of nitrogens with one attached hydrogen (secondary N) is 1. The highest BCUT2D eigenvalue weighted by Crippen LogP contribution is 2.21. The number of piperidine rings is 1. The van der Waals surface area contributed by atoms with E-state index in [4.69, 9.17) is 0 Å². The largest absolute Gasteiger partial charge is 0.507 e. The molecule has 1 aliphatic rings. The number of phenols is 1. The molecule has 0 radical (unpaired) electrons. The fourth-order valence-corrected chi connectivity index (χ4v) is 2.70. The molecule has 0 spiro atoms. The first-order valence-electron chi connectivity index (χ1n) is 7.39. The van der Waals surface area contributed by atoms with Crippen LogP contribution in [-0.4, -0.2) is 41.6 Å². The van der Waals surface area contributed by atoms with Crippen LogP contribution in [0.5, 0.6) is 5.75 Å². The van der Waals surface area contributed by atoms with E-state index >= 15 is 0 Å². The molecule has 0 bridgehead atoms. The van der Waals surface area contributed by atoms with Gasteiger partial charge in [0, 0.05) is 12.6 Å². The first kappa shape index (κ1) is 14.9. The predicted molar refractivity (Wildman–Crippen MR) is 79.9 cm³/mol. The summed E-state index contributed by atoms with van der Waals surface area (Å²) in [7, 11) is 0. The fraction of sp³-hybridized carbons (Fsp3) is 0.562. The van der Waals surface area contributed by atoms with Gasteiger partial charge in [0.25, 0.3) is 5.91 Å². The van der Waals surface area contributed by atoms with Gasteiger partial charge in [-0.3, -0.25) is 4.79 Å². The third kappa shape index (κ3) is 3.51. The molecule has 1 heterocycles. The molecule has 1 atom stereocenters. The molecule has 1 unspecified atom stereocenters. The van der Waals surface area contributed by atoms with E-state index in [2.05, 4.69) is 5.32 Å². The van der Waals surface area contributed by atoms with Crippen LogP contribution in [0.1, 0.15) is 37.0 Å². The van der Waals surface area contributed by atoms with Gasteiger partial charge in [-0.1, -0.05) is 12.1 Å². The van der Waals surface area contributed by atoms with Crippen LogP contribution >= 0.6 is 0 Å². The number of carbonyl (C=O) groups is 1. The summed E-state index contributed by atoms with van der Waals surface area (Å²) in [6.07, 6.45) is 2.33. The summed E-state index contributed by atoms with van der Waals surface area (Å²) in [4.78, 5) is 14.5. The van der Waals surface area contributed by atoms with Gasteiger partial charge in [0.1, 0.15) is 5.75 Å². The van der Waals surface area contributed by atoms with Crippen molar-refractivity contribution < 1.29 is 9.90 Å². The maximum atomic E-state index is 12.6. The Morgan fingerprint density at radius 2 is 2.20 bits per heavy atom. The predicted octanol–water partition coefficient (Wildman–Crippen LogP) is 2.24. The molecule has 20 heavy (non-hydrogen) atoms. The lowest BCUT2D eigenvalue weighted by Gasteiger charge is -2.33. The number of carbonyl (C=O) groups excluding carboxylic acids is 1. The lowest BCUT2D eigenvalue weighted by Crippen LogP contribution is -2.44. The van der Waals surface area contributed by atoms with Crippen LogP contribution in [0.15, 0.2) is 24.3 Å². The molecular formula is C16H24N2O2. The van der Waals surface area contributed by atoms with Crippen LogP contribution in [0.25, 0.3) is 0 Å². The second-order valence-corrected chi connectivity index (χ2v) is 5.78. The number of amides is 1. The zero-order valence-corrected chi connectivity index (χ0v) is 12.3. The number of benzene rings is 1. The maximum absolute atomic E-state index is 12.6. The molecule has 1 fully saturated rings. The summed E-state index contributed by atoms with van der Waals surface area (Å²) in [6.45, 7) is 6.84. The van der Waals surface area contributed by atoms with Gasteiger partial charge in [-0.15, -0.1) is 0 Å². The smallest absolute Gasteiger partial charge is 0.257 e. The highest BCUT2D eigenvalue weighted by molar-refractivity contribution is 5.97. The number of rotatable bonds is 4. The number of aromatic hydroxyl groups is 1. The lowest BCUT2D eigenvalue weighted by molar-refractivity contribution is 0.0658. The van der Waals surface area contributed by atoms with Crippen LogP contribution in [-0.2, 0) is 0 Å². The van der Waals surface area contributed by atoms with Crippen molar-refractivity contribution in [3.05, 3.63) is 29.8 Å². The van der Waals surface area contributed by atoms with Crippen molar-refractivity contribution in [1.82, 2.24) is 10.2 Å². The second kappa shape index (κ2) is 6.75. The second-order valence-electron chi connectivity index (χ2n) is 5.78. The van der Waals surface area contributed by atoms with E-state index in [1.807, 2.05) is 18.7 Å². The molecule has 110 valence electrons. The SMILES string of the molecule is CC(C)N(CC1CCCNC1)C(=O)c1ccccc1O. The average molecular weight is 276 g/mol. The monoisotopic (exact) mass is 276 g/mol. The maximum Gasteiger partial charge on any atom is 0.257 e. The first-order valence-corrected chi connectivity index (χ1v) is 7.39. The Morgan fingerprint density at radius 3 is 2.80 bits per heavy atom. The molecular weight excluding hydrogens is 252 g/mol. The van der Waals surface area contributed by atoms with Gasteiger partial charge in [-0.2, -0.15) is 0 Å². The minimum absolute atomic E-state index is 0.0601. The van der Waals surface area contributed by atoms with Crippen LogP contribution < -0.4 is 5.32 Å². The molecule has 2 rings (SSSR count). The molecule has 0 aliphatic carbocycles. The molecule has 1 aliphatic heterocycles. The Balaban J connectivity index is 2.11. The number of nitrogens with zero attached hydrogens (tertiary/aromatic N) is 1. The van der Waals surface area contributed by atoms with Crippen LogP contribution in [0.3, 0.4) is 0 Å². The summed E-state index contributed by atoms with van der Waals surface area (Å²) in [5, 5.41) is 13.2. The lowest BCUT2D eigenvalue weighted by atomic mass is 9.98. The molecule has 1 saturated heterocycles. The third-order valence-electron chi connectivity index (χ3n) is 3.87. The number of hydrogen-bond donors (Lipinski definition) is 2. The van der Waals surface area contributed by atoms with Gasteiger partial charge in [0.05, 0.1) is 5.56 Å². The minimum Gasteiger partial charge on any atom is -0.507 e. The van der Waals surface area contributed by atoms with E-state index in [-0.39, 0.29) is 17.7 Å². The van der Waals surface area contributed by atoms with Crippen molar-refractivity contribution in [3.8, 4) is 5.75 Å². The topological polar surface area (TPSA) is 52.6 Å². The molecule has 0 saturated carbocycles. The van der Waals surface area contributed by atoms with Crippen LogP contribution in [0, 0.1) is 5.92 Å². The van der Waals surface area contributed by atoms with Gasteiger partial charge in [0.2, 0.25) is 0 Å². The van der Waals surface area contributed by atoms with Crippen molar-refractivity contribution >= 4 is 5.91 Å². The molecule has 2 N–H and O–H groups in total. The van der Waals surface area contributed by atoms with Gasteiger partial charge in [-0.25, -0.2) is 0 Å². The highest BCUT2D eigenvalue weighted by Gasteiger charge is 2.25. The van der Waals surface area contributed by atoms with Gasteiger partial charge < -0.3 is 15.3 Å². The number of hydrogen-bond acceptors (Lipinski definition) is 3.